The highest BCUT2D eigenvalue weighted by Gasteiger charge is 2.09. The smallest absolute Gasteiger partial charge is 0.244 e. The lowest BCUT2D eigenvalue weighted by molar-refractivity contribution is -0.117. The van der Waals surface area contributed by atoms with Gasteiger partial charge in [-0.15, -0.1) is 0 Å². The number of hydrogen-bond donors (Lipinski definition) is 2. The summed E-state index contributed by atoms with van der Waals surface area (Å²) >= 11 is 3.49. The number of anilines is 1. The Labute approximate surface area is 133 Å². The number of amides is 1. The normalized spacial score (nSPS) is 12.3. The van der Waals surface area contributed by atoms with Gasteiger partial charge in [0.2, 0.25) is 5.91 Å². The topological polar surface area (TPSA) is 55.1 Å². The molecule has 0 saturated heterocycles. The van der Waals surface area contributed by atoms with Crippen molar-refractivity contribution in [1.29, 1.82) is 0 Å². The van der Waals surface area contributed by atoms with Gasteiger partial charge in [-0.25, -0.2) is 0 Å². The van der Waals surface area contributed by atoms with Crippen LogP contribution in [0.2, 0.25) is 0 Å². The van der Waals surface area contributed by atoms with Gasteiger partial charge in [0.25, 0.3) is 0 Å². The summed E-state index contributed by atoms with van der Waals surface area (Å²) in [5, 5.41) is 2.93. The van der Waals surface area contributed by atoms with E-state index in [1.54, 1.807) is 6.08 Å². The highest BCUT2D eigenvalue weighted by atomic mass is 79.9. The Hall–Kier alpha value is -2.07. The molecule has 0 heterocycles. The highest BCUT2D eigenvalue weighted by Crippen LogP contribution is 2.22. The van der Waals surface area contributed by atoms with E-state index >= 15 is 0 Å². The van der Waals surface area contributed by atoms with Crippen LogP contribution in [0.15, 0.2) is 59.1 Å². The minimum Gasteiger partial charge on any atom is -0.399 e. The molecule has 0 fully saturated rings. The minimum absolute atomic E-state index is 0.0708. The minimum atomic E-state index is -0.138. The predicted octanol–water partition coefficient (Wildman–Crippen LogP) is 3.92. The SMILES string of the molecule is C[C@@H](NC(=O)/C=C/c1cccc(N)c1)c1ccccc1Br. The van der Waals surface area contributed by atoms with Crippen molar-refractivity contribution < 1.29 is 4.79 Å². The molecule has 0 bridgehead atoms. The van der Waals surface area contributed by atoms with Crippen molar-refractivity contribution >= 4 is 33.6 Å². The van der Waals surface area contributed by atoms with Crippen molar-refractivity contribution in [3.05, 3.63) is 70.2 Å². The van der Waals surface area contributed by atoms with Crippen LogP contribution in [0.1, 0.15) is 24.1 Å². The van der Waals surface area contributed by atoms with Crippen LogP contribution in [-0.2, 0) is 4.79 Å². The summed E-state index contributed by atoms with van der Waals surface area (Å²) in [4.78, 5) is 12.0. The molecule has 0 aromatic heterocycles. The number of nitrogens with one attached hydrogen (secondary N) is 1. The number of benzene rings is 2. The maximum atomic E-state index is 12.0. The average Bonchev–Trinajstić information content (AvgIpc) is 2.45. The van der Waals surface area contributed by atoms with Crippen LogP contribution >= 0.6 is 15.9 Å². The summed E-state index contributed by atoms with van der Waals surface area (Å²) in [5.74, 6) is -0.138. The van der Waals surface area contributed by atoms with E-state index in [-0.39, 0.29) is 11.9 Å². The van der Waals surface area contributed by atoms with Gasteiger partial charge >= 0.3 is 0 Å². The average molecular weight is 345 g/mol. The summed E-state index contributed by atoms with van der Waals surface area (Å²) in [6, 6.07) is 15.2. The number of hydrogen-bond acceptors (Lipinski definition) is 2. The second kappa shape index (κ2) is 7.09. The predicted molar refractivity (Wildman–Crippen MR) is 90.6 cm³/mol. The zero-order valence-corrected chi connectivity index (χ0v) is 13.3. The fourth-order valence-corrected chi connectivity index (χ4v) is 2.63. The lowest BCUT2D eigenvalue weighted by atomic mass is 10.1. The van der Waals surface area contributed by atoms with E-state index in [0.717, 1.165) is 15.6 Å². The van der Waals surface area contributed by atoms with Crippen molar-refractivity contribution in [3.8, 4) is 0 Å². The van der Waals surface area contributed by atoms with E-state index in [1.807, 2.05) is 55.5 Å². The number of carbonyl (C=O) groups excluding carboxylic acids is 1. The van der Waals surface area contributed by atoms with Gasteiger partial charge in [0.05, 0.1) is 6.04 Å². The molecule has 2 aromatic carbocycles. The first kappa shape index (κ1) is 15.3. The summed E-state index contributed by atoms with van der Waals surface area (Å²) in [7, 11) is 0. The number of carbonyl (C=O) groups is 1. The van der Waals surface area contributed by atoms with Crippen LogP contribution in [0.3, 0.4) is 0 Å². The quantitative estimate of drug-likeness (QED) is 0.652. The molecule has 4 heteroatoms. The number of halogens is 1. The molecule has 0 radical (unpaired) electrons. The standard InChI is InChI=1S/C17H17BrN2O/c1-12(15-7-2-3-8-16(15)18)20-17(21)10-9-13-5-4-6-14(19)11-13/h2-12H,19H2,1H3,(H,20,21)/b10-9+/t12-/m1/s1. The molecule has 2 rings (SSSR count). The molecular formula is C17H17BrN2O. The van der Waals surface area contributed by atoms with Gasteiger partial charge in [0.1, 0.15) is 0 Å². The van der Waals surface area contributed by atoms with Crippen molar-refractivity contribution in [3.63, 3.8) is 0 Å². The molecule has 108 valence electrons. The van der Waals surface area contributed by atoms with E-state index < -0.39 is 0 Å². The Bertz CT molecular complexity index is 667. The third-order valence-electron chi connectivity index (χ3n) is 3.07. The Kier molecular flexibility index (Phi) is 5.17. The molecule has 3 N–H and O–H groups in total. The number of nitrogens with two attached hydrogens (primary N) is 1. The van der Waals surface area contributed by atoms with Gasteiger partial charge in [-0.1, -0.05) is 46.3 Å². The summed E-state index contributed by atoms with van der Waals surface area (Å²) < 4.78 is 0.984. The highest BCUT2D eigenvalue weighted by molar-refractivity contribution is 9.10. The molecule has 1 atom stereocenters. The largest absolute Gasteiger partial charge is 0.399 e. The Morgan fingerprint density at radius 3 is 2.71 bits per heavy atom. The van der Waals surface area contributed by atoms with Gasteiger partial charge in [-0.3, -0.25) is 4.79 Å². The molecule has 0 aliphatic rings. The first-order valence-electron chi connectivity index (χ1n) is 6.65. The van der Waals surface area contributed by atoms with E-state index in [4.69, 9.17) is 5.73 Å². The lowest BCUT2D eigenvalue weighted by Crippen LogP contribution is -2.24. The summed E-state index contributed by atoms with van der Waals surface area (Å²) in [5.41, 5.74) is 8.32. The molecule has 0 aliphatic carbocycles. The molecule has 21 heavy (non-hydrogen) atoms. The molecule has 0 aliphatic heterocycles. The lowest BCUT2D eigenvalue weighted by Gasteiger charge is -2.14. The van der Waals surface area contributed by atoms with E-state index in [1.165, 1.54) is 6.08 Å². The molecule has 3 nitrogen and oxygen atoms in total. The van der Waals surface area contributed by atoms with Gasteiger partial charge in [-0.2, -0.15) is 0 Å². The fourth-order valence-electron chi connectivity index (χ4n) is 2.00. The van der Waals surface area contributed by atoms with E-state index in [0.29, 0.717) is 5.69 Å². The zero-order valence-electron chi connectivity index (χ0n) is 11.7. The molecule has 0 unspecified atom stereocenters. The molecule has 1 amide bonds. The van der Waals surface area contributed by atoms with E-state index in [2.05, 4.69) is 21.2 Å². The van der Waals surface area contributed by atoms with Crippen molar-refractivity contribution in [1.82, 2.24) is 5.32 Å². The Balaban J connectivity index is 2.00. The van der Waals surface area contributed by atoms with Crippen molar-refractivity contribution in [2.45, 2.75) is 13.0 Å². The summed E-state index contributed by atoms with van der Waals surface area (Å²) in [6.45, 7) is 1.95. The van der Waals surface area contributed by atoms with Crippen molar-refractivity contribution in [2.24, 2.45) is 0 Å². The third kappa shape index (κ3) is 4.46. The van der Waals surface area contributed by atoms with Crippen LogP contribution < -0.4 is 11.1 Å². The number of nitrogen functional groups attached to an aromatic ring is 1. The van der Waals surface area contributed by atoms with Gasteiger partial charge in [-0.05, 0) is 42.3 Å². The van der Waals surface area contributed by atoms with Crippen LogP contribution in [0.5, 0.6) is 0 Å². The third-order valence-corrected chi connectivity index (χ3v) is 3.79. The van der Waals surface area contributed by atoms with Crippen molar-refractivity contribution in [2.75, 3.05) is 5.73 Å². The second-order valence-electron chi connectivity index (χ2n) is 4.76. The van der Waals surface area contributed by atoms with Gasteiger partial charge in [0, 0.05) is 16.2 Å². The first-order valence-corrected chi connectivity index (χ1v) is 7.44. The molecule has 2 aromatic rings. The zero-order chi connectivity index (χ0) is 15.2. The molecule has 0 spiro atoms. The molecular weight excluding hydrogens is 328 g/mol. The Morgan fingerprint density at radius 2 is 2.00 bits per heavy atom. The monoisotopic (exact) mass is 344 g/mol. The van der Waals surface area contributed by atoms with Gasteiger partial charge in [0.15, 0.2) is 0 Å². The van der Waals surface area contributed by atoms with Crippen LogP contribution in [0.25, 0.3) is 6.08 Å². The number of rotatable bonds is 4. The van der Waals surface area contributed by atoms with Crippen LogP contribution in [0, 0.1) is 0 Å². The first-order chi connectivity index (χ1) is 10.1. The Morgan fingerprint density at radius 1 is 1.24 bits per heavy atom. The van der Waals surface area contributed by atoms with Crippen LogP contribution in [-0.4, -0.2) is 5.91 Å². The maximum absolute atomic E-state index is 12.0. The van der Waals surface area contributed by atoms with Crippen LogP contribution in [0.4, 0.5) is 5.69 Å². The summed E-state index contributed by atoms with van der Waals surface area (Å²) in [6.07, 6.45) is 3.26. The fraction of sp³-hybridized carbons (Fsp3) is 0.118. The van der Waals surface area contributed by atoms with Gasteiger partial charge < -0.3 is 11.1 Å². The van der Waals surface area contributed by atoms with E-state index in [9.17, 15) is 4.79 Å². The molecule has 0 saturated carbocycles. The maximum Gasteiger partial charge on any atom is 0.244 e. The second-order valence-corrected chi connectivity index (χ2v) is 5.61.